The molecule has 2 aromatic carbocycles. The minimum Gasteiger partial charge on any atom is -0.507 e. The number of phenolic OH excluding ortho intramolecular Hbond substituents is 1. The summed E-state index contributed by atoms with van der Waals surface area (Å²) in [7, 11) is 0. The number of amides is 1. The van der Waals surface area contributed by atoms with Crippen LogP contribution in [0.15, 0.2) is 46.0 Å². The van der Waals surface area contributed by atoms with E-state index in [1.807, 2.05) is 0 Å². The van der Waals surface area contributed by atoms with Crippen LogP contribution in [0.4, 0.5) is 0 Å². The molecule has 0 atom stereocenters. The summed E-state index contributed by atoms with van der Waals surface area (Å²) in [4.78, 5) is 11.9. The summed E-state index contributed by atoms with van der Waals surface area (Å²) in [5, 5.41) is 13.5. The van der Waals surface area contributed by atoms with Gasteiger partial charge in [0.2, 0.25) is 6.79 Å². The van der Waals surface area contributed by atoms with E-state index in [0.717, 1.165) is 10.0 Å². The Balaban J connectivity index is 1.73. The van der Waals surface area contributed by atoms with Crippen LogP contribution in [-0.2, 0) is 0 Å². The summed E-state index contributed by atoms with van der Waals surface area (Å²) in [5.41, 5.74) is 3.24. The third-order valence-electron chi connectivity index (χ3n) is 3.01. The van der Waals surface area contributed by atoms with Gasteiger partial charge in [0.15, 0.2) is 11.5 Å². The largest absolute Gasteiger partial charge is 0.507 e. The highest BCUT2D eigenvalue weighted by molar-refractivity contribution is 9.10. The van der Waals surface area contributed by atoms with Crippen LogP contribution in [0.5, 0.6) is 17.2 Å². The van der Waals surface area contributed by atoms with Gasteiger partial charge in [0.05, 0.1) is 11.8 Å². The molecule has 112 valence electrons. The van der Waals surface area contributed by atoms with Gasteiger partial charge < -0.3 is 14.6 Å². The number of hydrogen-bond donors (Lipinski definition) is 2. The molecule has 0 spiro atoms. The van der Waals surface area contributed by atoms with Crippen LogP contribution in [-0.4, -0.2) is 24.0 Å². The van der Waals surface area contributed by atoms with Crippen molar-refractivity contribution in [3.63, 3.8) is 0 Å². The van der Waals surface area contributed by atoms with E-state index in [-0.39, 0.29) is 18.1 Å². The van der Waals surface area contributed by atoms with Crippen molar-refractivity contribution in [1.82, 2.24) is 5.43 Å². The zero-order valence-electron chi connectivity index (χ0n) is 11.2. The lowest BCUT2D eigenvalue weighted by Gasteiger charge is -2.03. The number of phenols is 1. The molecule has 3 rings (SSSR count). The lowest BCUT2D eigenvalue weighted by atomic mass is 10.2. The maximum Gasteiger partial charge on any atom is 0.275 e. The smallest absolute Gasteiger partial charge is 0.275 e. The van der Waals surface area contributed by atoms with Crippen molar-refractivity contribution in [2.75, 3.05) is 6.79 Å². The fraction of sp³-hybridized carbons (Fsp3) is 0.0667. The zero-order valence-corrected chi connectivity index (χ0v) is 12.8. The van der Waals surface area contributed by atoms with Crippen LogP contribution in [0, 0.1) is 0 Å². The Morgan fingerprint density at radius 3 is 2.77 bits per heavy atom. The number of aromatic hydroxyl groups is 1. The van der Waals surface area contributed by atoms with E-state index < -0.39 is 5.91 Å². The number of carbonyl (C=O) groups excluding carboxylic acids is 1. The average Bonchev–Trinajstić information content (AvgIpc) is 2.94. The number of rotatable bonds is 3. The van der Waals surface area contributed by atoms with Gasteiger partial charge >= 0.3 is 0 Å². The fourth-order valence-electron chi connectivity index (χ4n) is 1.92. The predicted octanol–water partition coefficient (Wildman–Crippen LogP) is 2.65. The number of para-hydroxylation sites is 1. The number of hydrogen-bond acceptors (Lipinski definition) is 5. The number of hydrazone groups is 1. The summed E-state index contributed by atoms with van der Waals surface area (Å²) in [6.45, 7) is 0.187. The molecular formula is C15H11BrN2O4. The minimum absolute atomic E-state index is 0.0977. The number of carbonyl (C=O) groups is 1. The Labute approximate surface area is 134 Å². The van der Waals surface area contributed by atoms with Crippen molar-refractivity contribution in [3.8, 4) is 17.2 Å². The molecule has 0 saturated carbocycles. The monoisotopic (exact) mass is 362 g/mol. The van der Waals surface area contributed by atoms with Crippen molar-refractivity contribution in [3.05, 3.63) is 52.0 Å². The quantitative estimate of drug-likeness (QED) is 0.649. The van der Waals surface area contributed by atoms with Crippen LogP contribution in [0.3, 0.4) is 0 Å². The molecule has 0 radical (unpaired) electrons. The maximum atomic E-state index is 11.9. The minimum atomic E-state index is -0.494. The highest BCUT2D eigenvalue weighted by atomic mass is 79.9. The predicted molar refractivity (Wildman–Crippen MR) is 83.4 cm³/mol. The molecule has 1 aliphatic rings. The molecule has 1 aliphatic heterocycles. The Hall–Kier alpha value is -2.54. The van der Waals surface area contributed by atoms with Crippen molar-refractivity contribution in [1.29, 1.82) is 0 Å². The second kappa shape index (κ2) is 6.07. The molecule has 22 heavy (non-hydrogen) atoms. The average molecular weight is 363 g/mol. The molecule has 0 bridgehead atoms. The molecule has 0 saturated heterocycles. The molecule has 6 nitrogen and oxygen atoms in total. The molecule has 0 fully saturated rings. The summed E-state index contributed by atoms with van der Waals surface area (Å²) in [6.07, 6.45) is 1.48. The van der Waals surface area contributed by atoms with E-state index in [1.165, 1.54) is 18.3 Å². The van der Waals surface area contributed by atoms with Crippen molar-refractivity contribution in [2.24, 2.45) is 5.10 Å². The molecular weight excluding hydrogens is 352 g/mol. The summed E-state index contributed by atoms with van der Waals surface area (Å²) in [6, 6.07) is 9.77. The molecule has 0 aromatic heterocycles. The summed E-state index contributed by atoms with van der Waals surface area (Å²) in [5.74, 6) is 0.685. The van der Waals surface area contributed by atoms with Gasteiger partial charge in [-0.3, -0.25) is 4.79 Å². The number of fused-ring (bicyclic) bond motifs is 1. The topological polar surface area (TPSA) is 80.2 Å². The van der Waals surface area contributed by atoms with Gasteiger partial charge in [0.1, 0.15) is 5.75 Å². The van der Waals surface area contributed by atoms with Crippen molar-refractivity contribution >= 4 is 28.1 Å². The van der Waals surface area contributed by atoms with Crippen LogP contribution < -0.4 is 14.9 Å². The van der Waals surface area contributed by atoms with E-state index in [0.29, 0.717) is 11.5 Å². The maximum absolute atomic E-state index is 11.9. The number of halogens is 1. The standard InChI is InChI=1S/C15H11BrN2O4/c16-11-6-14-13(21-8-22-14)5-9(11)7-17-18-15(20)10-3-1-2-4-12(10)19/h1-7,19H,8H2,(H,18,20)/b17-7-. The van der Waals surface area contributed by atoms with Crippen molar-refractivity contribution < 1.29 is 19.4 Å². The second-order valence-corrected chi connectivity index (χ2v) is 5.30. The van der Waals surface area contributed by atoms with Gasteiger partial charge in [-0.1, -0.05) is 12.1 Å². The number of nitrogens with zero attached hydrogens (tertiary/aromatic N) is 1. The van der Waals surface area contributed by atoms with E-state index >= 15 is 0 Å². The van der Waals surface area contributed by atoms with Gasteiger partial charge in [0.25, 0.3) is 5.91 Å². The Morgan fingerprint density at radius 1 is 1.27 bits per heavy atom. The molecule has 1 amide bonds. The normalized spacial score (nSPS) is 12.6. The van der Waals surface area contributed by atoms with E-state index in [4.69, 9.17) is 9.47 Å². The first-order valence-electron chi connectivity index (χ1n) is 6.35. The Bertz CT molecular complexity index is 761. The summed E-state index contributed by atoms with van der Waals surface area (Å²) >= 11 is 3.39. The van der Waals surface area contributed by atoms with E-state index in [1.54, 1.807) is 24.3 Å². The molecule has 2 N–H and O–H groups in total. The SMILES string of the molecule is O=C(N/N=C\c1cc2c(cc1Br)OCO2)c1ccccc1O. The Morgan fingerprint density at radius 2 is 2.00 bits per heavy atom. The van der Waals surface area contributed by atoms with Gasteiger partial charge in [-0.2, -0.15) is 5.10 Å². The van der Waals surface area contributed by atoms with E-state index in [9.17, 15) is 9.90 Å². The zero-order chi connectivity index (χ0) is 15.5. The molecule has 0 unspecified atom stereocenters. The third-order valence-corrected chi connectivity index (χ3v) is 3.70. The van der Waals surface area contributed by atoms with Crippen LogP contribution in [0.25, 0.3) is 0 Å². The molecule has 7 heteroatoms. The number of ether oxygens (including phenoxy) is 2. The number of nitrogens with one attached hydrogen (secondary N) is 1. The highest BCUT2D eigenvalue weighted by Gasteiger charge is 2.15. The van der Waals surface area contributed by atoms with Gasteiger partial charge in [-0.15, -0.1) is 0 Å². The third kappa shape index (κ3) is 2.89. The lowest BCUT2D eigenvalue weighted by Crippen LogP contribution is -2.17. The second-order valence-electron chi connectivity index (χ2n) is 4.44. The van der Waals surface area contributed by atoms with Crippen LogP contribution in [0.2, 0.25) is 0 Å². The first-order valence-corrected chi connectivity index (χ1v) is 7.15. The molecule has 0 aliphatic carbocycles. The van der Waals surface area contributed by atoms with E-state index in [2.05, 4.69) is 26.5 Å². The first-order chi connectivity index (χ1) is 10.6. The van der Waals surface area contributed by atoms with Gasteiger partial charge in [-0.05, 0) is 40.2 Å². The van der Waals surface area contributed by atoms with Gasteiger partial charge in [0, 0.05) is 10.0 Å². The van der Waals surface area contributed by atoms with Gasteiger partial charge in [-0.25, -0.2) is 5.43 Å². The molecule has 2 aromatic rings. The highest BCUT2D eigenvalue weighted by Crippen LogP contribution is 2.36. The van der Waals surface area contributed by atoms with Crippen LogP contribution >= 0.6 is 15.9 Å². The van der Waals surface area contributed by atoms with Crippen molar-refractivity contribution in [2.45, 2.75) is 0 Å². The molecule has 1 heterocycles. The fourth-order valence-corrected chi connectivity index (χ4v) is 2.34. The number of benzene rings is 2. The Kier molecular flexibility index (Phi) is 3.97. The first kappa shape index (κ1) is 14.4. The summed E-state index contributed by atoms with van der Waals surface area (Å²) < 4.78 is 11.3. The van der Waals surface area contributed by atoms with Crippen LogP contribution in [0.1, 0.15) is 15.9 Å². The lowest BCUT2D eigenvalue weighted by molar-refractivity contribution is 0.0952.